The van der Waals surface area contributed by atoms with Crippen molar-refractivity contribution in [2.24, 2.45) is 0 Å². The number of nitriles is 1. The van der Waals surface area contributed by atoms with E-state index in [0.717, 1.165) is 108 Å². The van der Waals surface area contributed by atoms with Crippen LogP contribution in [-0.4, -0.2) is 9.13 Å². The summed E-state index contributed by atoms with van der Waals surface area (Å²) in [6, 6.07) is 24.2. The van der Waals surface area contributed by atoms with Crippen molar-refractivity contribution in [3.63, 3.8) is 0 Å². The zero-order valence-electron chi connectivity index (χ0n) is 48.2. The van der Waals surface area contributed by atoms with E-state index in [1.165, 1.54) is 31.2 Å². The number of fused-ring (bicyclic) bond motifs is 6. The number of alkyl halides is 24. The van der Waals surface area contributed by atoms with Gasteiger partial charge in [0.2, 0.25) is 0 Å². The minimum Gasteiger partial charge on any atom is -0.308 e. The van der Waals surface area contributed by atoms with E-state index in [9.17, 15) is 44.8 Å². The van der Waals surface area contributed by atoms with Gasteiger partial charge < -0.3 is 9.13 Å². The SMILES string of the molecule is Cc1ccc(-c2ccc3c4ccc(-c5ccc(C(F)(F)F)cc5C(F)(F)F)cc4n(-c4cc(-c5cccc(C#N)c5)cc(-n5c6cc(-c7ccc(C(F)(F)F)cc7C(F)(F)F)ccc6c6ccc(-c7ccc(C(F)(F)F)cc7C(F)(F)F)cc65)c4C(F)(F)F)c3c2)c(C(F)(F)F)c1. The van der Waals surface area contributed by atoms with Gasteiger partial charge in [0.15, 0.2) is 0 Å². The predicted molar refractivity (Wildman–Crippen MR) is 312 cm³/mol. The second-order valence-electron chi connectivity index (χ2n) is 22.5. The molecule has 2 heterocycles. The van der Waals surface area contributed by atoms with Crippen LogP contribution in [0.1, 0.15) is 55.6 Å². The van der Waals surface area contributed by atoms with E-state index in [2.05, 4.69) is 0 Å². The van der Waals surface area contributed by atoms with E-state index in [-0.39, 0.29) is 85.8 Å². The van der Waals surface area contributed by atoms with Crippen molar-refractivity contribution in [2.45, 2.75) is 56.3 Å². The van der Waals surface area contributed by atoms with Gasteiger partial charge in [-0.05, 0) is 154 Å². The minimum absolute atomic E-state index is 0.0875. The Morgan fingerprint density at radius 3 is 0.876 bits per heavy atom. The monoisotopic (exact) mass is 1370 g/mol. The van der Waals surface area contributed by atoms with Crippen molar-refractivity contribution in [2.75, 3.05) is 0 Å². The van der Waals surface area contributed by atoms with Gasteiger partial charge in [-0.3, -0.25) is 0 Å². The van der Waals surface area contributed by atoms with Crippen molar-refractivity contribution >= 4 is 43.6 Å². The minimum atomic E-state index is -5.88. The van der Waals surface area contributed by atoms with Crippen molar-refractivity contribution in [1.29, 1.82) is 5.26 Å². The summed E-state index contributed by atoms with van der Waals surface area (Å²) in [7, 11) is 0. The van der Waals surface area contributed by atoms with Crippen LogP contribution in [0.15, 0.2) is 182 Å². The summed E-state index contributed by atoms with van der Waals surface area (Å²) in [5, 5.41) is 9.27. The zero-order valence-corrected chi connectivity index (χ0v) is 48.2. The lowest BCUT2D eigenvalue weighted by molar-refractivity contribution is -0.144. The summed E-state index contributed by atoms with van der Waals surface area (Å²) in [4.78, 5) is 0. The van der Waals surface area contributed by atoms with Crippen LogP contribution in [0.2, 0.25) is 0 Å². The summed E-state index contributed by atoms with van der Waals surface area (Å²) in [5.74, 6) is 0. The van der Waals surface area contributed by atoms with Crippen LogP contribution in [0.25, 0.3) is 111 Å². The smallest absolute Gasteiger partial charge is 0.308 e. The van der Waals surface area contributed by atoms with Gasteiger partial charge >= 0.3 is 49.4 Å². The van der Waals surface area contributed by atoms with Gasteiger partial charge in [-0.15, -0.1) is 0 Å². The van der Waals surface area contributed by atoms with E-state index in [1.807, 2.05) is 6.07 Å². The maximum atomic E-state index is 17.5. The second kappa shape index (κ2) is 22.6. The van der Waals surface area contributed by atoms with Gasteiger partial charge in [0, 0.05) is 21.5 Å². The molecule has 0 radical (unpaired) electrons. The Bertz CT molecular complexity index is 5110. The third kappa shape index (κ3) is 12.2. The van der Waals surface area contributed by atoms with Crippen LogP contribution in [0.3, 0.4) is 0 Å². The number of hydrogen-bond donors (Lipinski definition) is 0. The molecule has 0 fully saturated rings. The van der Waals surface area contributed by atoms with Crippen molar-refractivity contribution in [1.82, 2.24) is 9.13 Å². The normalized spacial score (nSPS) is 13.2. The first kappa shape index (κ1) is 66.6. The average Bonchev–Trinajstić information content (AvgIpc) is 1.58. The summed E-state index contributed by atoms with van der Waals surface area (Å²) in [5.41, 5.74) is -25.3. The van der Waals surface area contributed by atoms with Gasteiger partial charge in [-0.1, -0.05) is 96.6 Å². The molecular formula is C70H33F24N3. The molecule has 0 saturated carbocycles. The molecule has 2 aromatic heterocycles. The third-order valence-electron chi connectivity index (χ3n) is 16.4. The highest BCUT2D eigenvalue weighted by Crippen LogP contribution is 2.52. The van der Waals surface area contributed by atoms with Crippen molar-refractivity contribution < 1.29 is 105 Å². The van der Waals surface area contributed by atoms with Gasteiger partial charge in [-0.25, -0.2) is 0 Å². The number of nitrogens with zero attached hydrogens (tertiary/aromatic N) is 3. The van der Waals surface area contributed by atoms with Gasteiger partial charge in [-0.2, -0.15) is 111 Å². The Morgan fingerprint density at radius 2 is 0.588 bits per heavy atom. The summed E-state index contributed by atoms with van der Waals surface area (Å²) < 4.78 is 361. The molecule has 0 aliphatic rings. The molecule has 12 aromatic rings. The van der Waals surface area contributed by atoms with E-state index >= 15 is 65.9 Å². The van der Waals surface area contributed by atoms with Crippen LogP contribution < -0.4 is 0 Å². The Morgan fingerprint density at radius 1 is 0.278 bits per heavy atom. The first-order valence-electron chi connectivity index (χ1n) is 28.0. The lowest BCUT2D eigenvalue weighted by atomic mass is 9.95. The highest BCUT2D eigenvalue weighted by atomic mass is 19.4. The van der Waals surface area contributed by atoms with Crippen molar-refractivity contribution in [3.05, 3.63) is 238 Å². The molecule has 0 atom stereocenters. The average molecular weight is 1370 g/mol. The Labute approximate surface area is 528 Å². The fourth-order valence-corrected chi connectivity index (χ4v) is 12.2. The molecule has 0 unspecified atom stereocenters. The maximum Gasteiger partial charge on any atom is 0.420 e. The fraction of sp³-hybridized carbons (Fsp3) is 0.129. The van der Waals surface area contributed by atoms with Crippen LogP contribution in [0, 0.1) is 18.3 Å². The first-order valence-corrected chi connectivity index (χ1v) is 28.0. The Kier molecular flexibility index (Phi) is 15.5. The number of hydrogen-bond acceptors (Lipinski definition) is 1. The summed E-state index contributed by atoms with van der Waals surface area (Å²) in [6.07, 6.45) is -43.9. The number of halogens is 24. The fourth-order valence-electron chi connectivity index (χ4n) is 12.2. The summed E-state index contributed by atoms with van der Waals surface area (Å²) in [6.45, 7) is 1.32. The van der Waals surface area contributed by atoms with Gasteiger partial charge in [0.25, 0.3) is 0 Å². The highest BCUT2D eigenvalue weighted by Gasteiger charge is 2.44. The predicted octanol–water partition coefficient (Wildman–Crippen LogP) is 24.5. The molecule has 27 heteroatoms. The lowest BCUT2D eigenvalue weighted by Gasteiger charge is -2.24. The highest BCUT2D eigenvalue weighted by molar-refractivity contribution is 6.13. The first-order chi connectivity index (χ1) is 45.0. The Hall–Kier alpha value is -10.4. The molecule has 0 aliphatic carbocycles. The molecule has 97 heavy (non-hydrogen) atoms. The molecule has 0 saturated heterocycles. The van der Waals surface area contributed by atoms with Crippen molar-refractivity contribution in [3.8, 4) is 73.1 Å². The molecule has 3 nitrogen and oxygen atoms in total. The third-order valence-corrected chi connectivity index (χ3v) is 16.4. The quantitative estimate of drug-likeness (QED) is 0.146. The van der Waals surface area contributed by atoms with E-state index < -0.39 is 166 Å². The molecule has 0 bridgehead atoms. The molecule has 0 aliphatic heterocycles. The van der Waals surface area contributed by atoms with E-state index in [4.69, 9.17) is 0 Å². The van der Waals surface area contributed by atoms with Crippen LogP contribution in [0.4, 0.5) is 105 Å². The number of rotatable bonds is 7. The molecule has 0 amide bonds. The molecule has 12 rings (SSSR count). The van der Waals surface area contributed by atoms with Gasteiger partial charge in [0.1, 0.15) is 5.56 Å². The van der Waals surface area contributed by atoms with Crippen LogP contribution in [-0.2, 0) is 49.4 Å². The summed E-state index contributed by atoms with van der Waals surface area (Å²) >= 11 is 0. The number of aryl methyl sites for hydroxylation is 1. The lowest BCUT2D eigenvalue weighted by Crippen LogP contribution is -2.16. The Balaban J connectivity index is 1.29. The van der Waals surface area contributed by atoms with Gasteiger partial charge in [0.05, 0.1) is 84.0 Å². The molecular weight excluding hydrogens is 1340 g/mol. The topological polar surface area (TPSA) is 33.6 Å². The number of aromatic nitrogens is 2. The molecule has 10 aromatic carbocycles. The molecule has 0 spiro atoms. The standard InChI is InChI=1S/C70H33F24N3/c1-33-5-13-44(52(21-33)66(80,81)82)36-6-14-48-49-15-7-37(45-18-10-41(63(71,72)73)29-53(45)67(83,84)85)24-57(49)96(56(48)23-36)60-27-40(35-4-2-3-34(22-35)32-95)28-61(62(60)70(92,93)94)97-58-25-38(46-19-11-42(64(74,75)76)30-54(46)68(86,87)88)8-16-50(58)51-17-9-39(26-59(51)97)47-20-12-43(65(77,78)79)31-55(47)69(89,90)91/h2-31H,1H3. The molecule has 496 valence electrons. The zero-order chi connectivity index (χ0) is 70.4. The largest absolute Gasteiger partial charge is 0.420 e. The maximum absolute atomic E-state index is 17.5. The van der Waals surface area contributed by atoms with Crippen LogP contribution in [0.5, 0.6) is 0 Å². The van der Waals surface area contributed by atoms with E-state index in [1.54, 1.807) is 0 Å². The van der Waals surface area contributed by atoms with Crippen LogP contribution >= 0.6 is 0 Å². The van der Waals surface area contributed by atoms with E-state index in [0.29, 0.717) is 22.8 Å². The number of benzene rings is 10. The second-order valence-corrected chi connectivity index (χ2v) is 22.5. The molecule has 0 N–H and O–H groups in total.